The van der Waals surface area contributed by atoms with Crippen molar-refractivity contribution in [3.05, 3.63) is 30.3 Å². The minimum absolute atomic E-state index is 0.373. The first-order chi connectivity index (χ1) is 6.18. The van der Waals surface area contributed by atoms with Crippen LogP contribution in [0.25, 0.3) is 0 Å². The van der Waals surface area contributed by atoms with Gasteiger partial charge in [0.2, 0.25) is 5.91 Å². The molecule has 0 saturated heterocycles. The highest BCUT2D eigenvalue weighted by Crippen LogP contribution is 2.04. The number of carbonyl (C=O) groups excluding carboxylic acids is 2. The highest BCUT2D eigenvalue weighted by atomic mass is 16.2. The quantitative estimate of drug-likeness (QED) is 0.627. The van der Waals surface area contributed by atoms with Gasteiger partial charge in [-0.1, -0.05) is 12.2 Å². The molecule has 0 aromatic carbocycles. The van der Waals surface area contributed by atoms with Crippen molar-refractivity contribution in [3.63, 3.8) is 0 Å². The predicted molar refractivity (Wildman–Crippen MR) is 48.5 cm³/mol. The summed E-state index contributed by atoms with van der Waals surface area (Å²) in [4.78, 5) is 21.5. The van der Waals surface area contributed by atoms with Crippen LogP contribution < -0.4 is 10.6 Å². The van der Waals surface area contributed by atoms with Crippen LogP contribution in [0.1, 0.15) is 13.3 Å². The molecule has 0 fully saturated rings. The Kier molecular flexibility index (Phi) is 3.25. The predicted octanol–water partition coefficient (Wildman–Crippen LogP) is 0.880. The molecule has 4 nitrogen and oxygen atoms in total. The summed E-state index contributed by atoms with van der Waals surface area (Å²) in [5.41, 5.74) is 0.685. The number of allylic oxidation sites excluding steroid dienone is 3. The van der Waals surface area contributed by atoms with Crippen LogP contribution in [0.15, 0.2) is 23.9 Å². The number of hydrogen-bond acceptors (Lipinski definition) is 2. The molecule has 0 aromatic heterocycles. The fourth-order valence-corrected chi connectivity index (χ4v) is 0.930. The van der Waals surface area contributed by atoms with Gasteiger partial charge in [-0.3, -0.25) is 10.1 Å². The highest BCUT2D eigenvalue weighted by molar-refractivity contribution is 5.93. The van der Waals surface area contributed by atoms with E-state index < -0.39 is 6.03 Å². The van der Waals surface area contributed by atoms with Crippen molar-refractivity contribution in [2.45, 2.75) is 13.3 Å². The molecule has 1 radical (unpaired) electrons. The van der Waals surface area contributed by atoms with Crippen LogP contribution in [0.4, 0.5) is 4.79 Å². The van der Waals surface area contributed by atoms with Crippen molar-refractivity contribution in [1.82, 2.24) is 10.6 Å². The third-order valence-electron chi connectivity index (χ3n) is 1.41. The zero-order valence-electron chi connectivity index (χ0n) is 7.33. The fraction of sp³-hybridized carbons (Fsp3) is 0.222. The van der Waals surface area contributed by atoms with Gasteiger partial charge in [-0.2, -0.15) is 0 Å². The van der Waals surface area contributed by atoms with E-state index in [9.17, 15) is 9.59 Å². The zero-order chi connectivity index (χ0) is 9.68. The van der Waals surface area contributed by atoms with Crippen molar-refractivity contribution in [2.75, 3.05) is 0 Å². The normalized spacial score (nSPS) is 14.7. The van der Waals surface area contributed by atoms with E-state index in [0.29, 0.717) is 5.70 Å². The average Bonchev–Trinajstić information content (AvgIpc) is 2.04. The summed E-state index contributed by atoms with van der Waals surface area (Å²) in [5.74, 6) is -0.373. The Morgan fingerprint density at radius 3 is 2.77 bits per heavy atom. The Morgan fingerprint density at radius 2 is 2.23 bits per heavy atom. The van der Waals surface area contributed by atoms with Crippen LogP contribution >= 0.6 is 0 Å². The summed E-state index contributed by atoms with van der Waals surface area (Å²) in [6, 6.07) is -0.501. The van der Waals surface area contributed by atoms with E-state index in [4.69, 9.17) is 0 Å². The van der Waals surface area contributed by atoms with Gasteiger partial charge in [-0.15, -0.1) is 0 Å². The van der Waals surface area contributed by atoms with Crippen LogP contribution in [0, 0.1) is 6.42 Å². The van der Waals surface area contributed by atoms with Crippen molar-refractivity contribution in [3.8, 4) is 0 Å². The number of rotatable bonds is 1. The second kappa shape index (κ2) is 4.45. The van der Waals surface area contributed by atoms with Crippen molar-refractivity contribution in [1.29, 1.82) is 0 Å². The average molecular weight is 179 g/mol. The van der Waals surface area contributed by atoms with E-state index in [0.717, 1.165) is 6.42 Å². The third-order valence-corrected chi connectivity index (χ3v) is 1.41. The Hall–Kier alpha value is -1.58. The number of imide groups is 1. The lowest BCUT2D eigenvalue weighted by atomic mass is 10.1. The number of urea groups is 1. The van der Waals surface area contributed by atoms with Crippen LogP contribution in [0.5, 0.6) is 0 Å². The molecule has 4 heteroatoms. The van der Waals surface area contributed by atoms with Crippen molar-refractivity contribution >= 4 is 11.9 Å². The lowest BCUT2D eigenvalue weighted by Crippen LogP contribution is -2.37. The number of nitrogens with one attached hydrogen (secondary N) is 2. The van der Waals surface area contributed by atoms with Crippen LogP contribution in [-0.4, -0.2) is 11.9 Å². The van der Waals surface area contributed by atoms with Gasteiger partial charge < -0.3 is 5.32 Å². The minimum Gasteiger partial charge on any atom is -0.308 e. The molecular formula is C9H11N2O2. The summed E-state index contributed by atoms with van der Waals surface area (Å²) in [5, 5.41) is 4.63. The van der Waals surface area contributed by atoms with Gasteiger partial charge in [0, 0.05) is 12.6 Å². The molecule has 1 aliphatic carbocycles. The SMILES string of the molecule is CC(=O)NC(=O)NC1=C[CH]CC=C1. The molecular weight excluding hydrogens is 168 g/mol. The Labute approximate surface area is 76.7 Å². The highest BCUT2D eigenvalue weighted by Gasteiger charge is 2.04. The molecule has 1 aliphatic rings. The van der Waals surface area contributed by atoms with Gasteiger partial charge in [0.1, 0.15) is 0 Å². The van der Waals surface area contributed by atoms with Crippen LogP contribution in [-0.2, 0) is 4.79 Å². The summed E-state index contributed by atoms with van der Waals surface area (Å²) in [7, 11) is 0. The minimum atomic E-state index is -0.501. The van der Waals surface area contributed by atoms with Crippen LogP contribution in [0.3, 0.4) is 0 Å². The molecule has 0 atom stereocenters. The standard InChI is InChI=1S/C9H11N2O2/c1-7(12)10-9(13)11-8-5-3-2-4-6-8/h3-6H,2H2,1H3,(H2,10,11,12,13). The number of hydrogen-bond donors (Lipinski definition) is 2. The van der Waals surface area contributed by atoms with E-state index in [2.05, 4.69) is 10.6 Å². The van der Waals surface area contributed by atoms with E-state index in [-0.39, 0.29) is 5.91 Å². The lowest BCUT2D eigenvalue weighted by Gasteiger charge is -2.08. The summed E-state index contributed by atoms with van der Waals surface area (Å²) in [6.45, 7) is 1.29. The zero-order valence-corrected chi connectivity index (χ0v) is 7.33. The summed E-state index contributed by atoms with van der Waals surface area (Å²) in [6.07, 6.45) is 8.30. The summed E-state index contributed by atoms with van der Waals surface area (Å²) >= 11 is 0. The van der Waals surface area contributed by atoms with Crippen molar-refractivity contribution < 1.29 is 9.59 Å². The largest absolute Gasteiger partial charge is 0.325 e. The Balaban J connectivity index is 2.40. The maximum absolute atomic E-state index is 11.0. The third kappa shape index (κ3) is 3.55. The molecule has 3 amide bonds. The second-order valence-electron chi connectivity index (χ2n) is 2.63. The molecule has 2 N–H and O–H groups in total. The van der Waals surface area contributed by atoms with Gasteiger partial charge in [-0.05, 0) is 18.9 Å². The van der Waals surface area contributed by atoms with Gasteiger partial charge in [0.15, 0.2) is 0 Å². The molecule has 69 valence electrons. The van der Waals surface area contributed by atoms with E-state index in [1.165, 1.54) is 6.92 Å². The van der Waals surface area contributed by atoms with E-state index >= 15 is 0 Å². The molecule has 13 heavy (non-hydrogen) atoms. The molecule has 0 unspecified atom stereocenters. The van der Waals surface area contributed by atoms with Gasteiger partial charge >= 0.3 is 6.03 Å². The monoisotopic (exact) mass is 179 g/mol. The fourth-order valence-electron chi connectivity index (χ4n) is 0.930. The van der Waals surface area contributed by atoms with Gasteiger partial charge in [0.05, 0.1) is 0 Å². The van der Waals surface area contributed by atoms with Gasteiger partial charge in [0.25, 0.3) is 0 Å². The number of amides is 3. The van der Waals surface area contributed by atoms with Crippen LogP contribution in [0.2, 0.25) is 0 Å². The topological polar surface area (TPSA) is 58.2 Å². The maximum atomic E-state index is 11.0. The first kappa shape index (κ1) is 9.51. The molecule has 0 bridgehead atoms. The first-order valence-corrected chi connectivity index (χ1v) is 3.97. The first-order valence-electron chi connectivity index (χ1n) is 3.97. The second-order valence-corrected chi connectivity index (χ2v) is 2.63. The van der Waals surface area contributed by atoms with Crippen molar-refractivity contribution in [2.24, 2.45) is 0 Å². The maximum Gasteiger partial charge on any atom is 0.325 e. The summed E-state index contributed by atoms with van der Waals surface area (Å²) < 4.78 is 0. The van der Waals surface area contributed by atoms with E-state index in [1.54, 1.807) is 12.2 Å². The Morgan fingerprint density at radius 1 is 1.46 bits per heavy atom. The molecule has 0 saturated carbocycles. The lowest BCUT2D eigenvalue weighted by molar-refractivity contribution is -0.117. The Bertz CT molecular complexity index is 279. The molecule has 0 aliphatic heterocycles. The van der Waals surface area contributed by atoms with Gasteiger partial charge in [-0.25, -0.2) is 4.79 Å². The molecule has 0 spiro atoms. The smallest absolute Gasteiger partial charge is 0.308 e. The molecule has 0 aromatic rings. The van der Waals surface area contributed by atoms with E-state index in [1.807, 2.05) is 12.5 Å². The molecule has 0 heterocycles. The number of carbonyl (C=O) groups is 2. The molecule has 1 rings (SSSR count).